The number of benzene rings is 2. The number of ether oxygens (including phenoxy) is 2. The Morgan fingerprint density at radius 2 is 1.71 bits per heavy atom. The van der Waals surface area contributed by atoms with Gasteiger partial charge in [0.05, 0.1) is 29.4 Å². The summed E-state index contributed by atoms with van der Waals surface area (Å²) in [6, 6.07) is 16.7. The molecule has 6 bridgehead atoms. The van der Waals surface area contributed by atoms with Crippen molar-refractivity contribution in [3.8, 4) is 28.1 Å². The monoisotopic (exact) mass is 658 g/mol. The lowest BCUT2D eigenvalue weighted by Crippen LogP contribution is -2.45. The lowest BCUT2D eigenvalue weighted by atomic mass is 9.92. The van der Waals surface area contributed by atoms with E-state index >= 15 is 0 Å². The predicted octanol–water partition coefficient (Wildman–Crippen LogP) is 8.05. The molecule has 48 heavy (non-hydrogen) atoms. The maximum atomic E-state index is 11.9. The predicted molar refractivity (Wildman–Crippen MR) is 193 cm³/mol. The first-order valence-electron chi connectivity index (χ1n) is 17.3. The third-order valence-corrected chi connectivity index (χ3v) is 8.47. The molecule has 1 saturated heterocycles. The number of piperidine rings is 1. The molecule has 3 aliphatic heterocycles. The first-order chi connectivity index (χ1) is 22.7. The van der Waals surface area contributed by atoms with E-state index in [-0.39, 0.29) is 18.1 Å². The average Bonchev–Trinajstić information content (AvgIpc) is 3.44. The molecule has 0 unspecified atom stereocenters. The smallest absolute Gasteiger partial charge is 0.308 e. The SMILES string of the molecule is CC.CC(C)(C)O.Cc1ccc2c(c1)-c1cccc(c1)-c1cc3nc(C)c(CC(=O)O)c(n3n1)N1CCC(C)(CC1)OCCC[C@@H](C)O2. The summed E-state index contributed by atoms with van der Waals surface area (Å²) < 4.78 is 14.8. The summed E-state index contributed by atoms with van der Waals surface area (Å²) >= 11 is 0. The van der Waals surface area contributed by atoms with Gasteiger partial charge in [0.15, 0.2) is 5.65 Å². The molecular weight excluding hydrogens is 604 g/mol. The van der Waals surface area contributed by atoms with E-state index in [9.17, 15) is 9.90 Å². The highest BCUT2D eigenvalue weighted by Crippen LogP contribution is 2.37. The summed E-state index contributed by atoms with van der Waals surface area (Å²) in [6.07, 6.45) is 3.46. The van der Waals surface area contributed by atoms with E-state index in [1.54, 1.807) is 20.8 Å². The van der Waals surface area contributed by atoms with Crippen molar-refractivity contribution in [3.05, 3.63) is 65.4 Å². The van der Waals surface area contributed by atoms with Gasteiger partial charge in [-0.05, 0) is 97.9 Å². The molecule has 2 N–H and O–H groups in total. The molecule has 0 aliphatic carbocycles. The Morgan fingerprint density at radius 3 is 2.38 bits per heavy atom. The molecule has 0 amide bonds. The number of fused-ring (bicyclic) bond motifs is 7. The summed E-state index contributed by atoms with van der Waals surface area (Å²) in [6.45, 7) is 19.7. The van der Waals surface area contributed by atoms with E-state index in [0.29, 0.717) is 17.8 Å². The summed E-state index contributed by atoms with van der Waals surface area (Å²) in [7, 11) is 0. The van der Waals surface area contributed by atoms with Gasteiger partial charge in [-0.15, -0.1) is 0 Å². The fourth-order valence-electron chi connectivity index (χ4n) is 6.08. The van der Waals surface area contributed by atoms with Crippen LogP contribution in [0.25, 0.3) is 28.0 Å². The maximum Gasteiger partial charge on any atom is 0.308 e. The number of aliphatic hydroxyl groups is 1. The van der Waals surface area contributed by atoms with Crippen LogP contribution in [0.15, 0.2) is 48.5 Å². The second-order valence-corrected chi connectivity index (χ2v) is 14.0. The highest BCUT2D eigenvalue weighted by molar-refractivity contribution is 5.78. The van der Waals surface area contributed by atoms with Crippen molar-refractivity contribution in [2.45, 2.75) is 112 Å². The highest BCUT2D eigenvalue weighted by Gasteiger charge is 2.33. The third-order valence-electron chi connectivity index (χ3n) is 8.47. The normalized spacial score (nSPS) is 19.5. The van der Waals surface area contributed by atoms with Gasteiger partial charge in [0.1, 0.15) is 11.6 Å². The zero-order valence-corrected chi connectivity index (χ0v) is 30.3. The molecule has 0 spiro atoms. The van der Waals surface area contributed by atoms with Crippen LogP contribution in [0.4, 0.5) is 5.82 Å². The van der Waals surface area contributed by atoms with Crippen molar-refractivity contribution >= 4 is 17.4 Å². The van der Waals surface area contributed by atoms with Gasteiger partial charge in [-0.25, -0.2) is 4.98 Å². The minimum absolute atomic E-state index is 0.0533. The number of rotatable bonds is 2. The molecule has 260 valence electrons. The molecule has 1 atom stereocenters. The molecule has 9 nitrogen and oxygen atoms in total. The van der Waals surface area contributed by atoms with E-state index in [4.69, 9.17) is 24.7 Å². The Morgan fingerprint density at radius 1 is 1.04 bits per heavy atom. The molecule has 4 aromatic rings. The topological polar surface area (TPSA) is 109 Å². The molecular formula is C39H54N4O5. The fourth-order valence-corrected chi connectivity index (χ4v) is 6.08. The van der Waals surface area contributed by atoms with Gasteiger partial charge in [0.2, 0.25) is 0 Å². The van der Waals surface area contributed by atoms with E-state index in [0.717, 1.165) is 84.0 Å². The van der Waals surface area contributed by atoms with Crippen molar-refractivity contribution in [1.82, 2.24) is 14.6 Å². The first-order valence-corrected chi connectivity index (χ1v) is 17.3. The molecule has 1 fully saturated rings. The Hall–Kier alpha value is -3.95. The van der Waals surface area contributed by atoms with E-state index < -0.39 is 11.6 Å². The van der Waals surface area contributed by atoms with E-state index in [1.165, 1.54) is 0 Å². The van der Waals surface area contributed by atoms with Crippen LogP contribution in [-0.4, -0.2) is 67.8 Å². The summed E-state index contributed by atoms with van der Waals surface area (Å²) in [5, 5.41) is 23.3. The largest absolute Gasteiger partial charge is 0.490 e. The molecule has 5 heterocycles. The number of carboxylic acid groups (broad SMARTS) is 1. The number of carbonyl (C=O) groups is 1. The number of anilines is 1. The molecule has 0 radical (unpaired) electrons. The zero-order chi connectivity index (χ0) is 35.2. The zero-order valence-electron chi connectivity index (χ0n) is 30.3. The Balaban J connectivity index is 0.000000682. The number of hydrogen-bond acceptors (Lipinski definition) is 7. The number of hydrogen-bond donors (Lipinski definition) is 2. The van der Waals surface area contributed by atoms with Crippen LogP contribution >= 0.6 is 0 Å². The summed E-state index contributed by atoms with van der Waals surface area (Å²) in [5.74, 6) is 0.808. The van der Waals surface area contributed by atoms with Crippen molar-refractivity contribution in [3.63, 3.8) is 0 Å². The van der Waals surface area contributed by atoms with Crippen LogP contribution in [0.1, 0.15) is 91.0 Å². The lowest BCUT2D eigenvalue weighted by molar-refractivity contribution is -0.136. The quantitative estimate of drug-likeness (QED) is 0.223. The Bertz CT molecular complexity index is 1690. The van der Waals surface area contributed by atoms with Crippen LogP contribution in [0.2, 0.25) is 0 Å². The van der Waals surface area contributed by atoms with Crippen LogP contribution in [-0.2, 0) is 16.0 Å². The van der Waals surface area contributed by atoms with Crippen LogP contribution < -0.4 is 9.64 Å². The summed E-state index contributed by atoms with van der Waals surface area (Å²) in [5.41, 5.74) is 6.43. The van der Waals surface area contributed by atoms with Gasteiger partial charge in [-0.2, -0.15) is 9.61 Å². The number of nitrogens with zero attached hydrogens (tertiary/aromatic N) is 4. The van der Waals surface area contributed by atoms with Gasteiger partial charge >= 0.3 is 5.97 Å². The van der Waals surface area contributed by atoms with Crippen molar-refractivity contribution < 1.29 is 24.5 Å². The van der Waals surface area contributed by atoms with E-state index in [2.05, 4.69) is 62.1 Å². The van der Waals surface area contributed by atoms with Crippen LogP contribution in [0, 0.1) is 13.8 Å². The number of aromatic nitrogens is 3. The molecule has 9 heteroatoms. The van der Waals surface area contributed by atoms with Crippen molar-refractivity contribution in [2.24, 2.45) is 0 Å². The Labute approximate surface area is 285 Å². The minimum Gasteiger partial charge on any atom is -0.490 e. The first kappa shape index (κ1) is 36.9. The minimum atomic E-state index is -0.878. The Kier molecular flexibility index (Phi) is 11.9. The number of aryl methyl sites for hydroxylation is 2. The van der Waals surface area contributed by atoms with Gasteiger partial charge < -0.3 is 24.6 Å². The van der Waals surface area contributed by atoms with Gasteiger partial charge in [-0.1, -0.05) is 43.7 Å². The lowest BCUT2D eigenvalue weighted by Gasteiger charge is -2.41. The third kappa shape index (κ3) is 9.35. The van der Waals surface area contributed by atoms with Crippen molar-refractivity contribution in [2.75, 3.05) is 24.6 Å². The second kappa shape index (κ2) is 15.5. The van der Waals surface area contributed by atoms with Gasteiger partial charge in [0, 0.05) is 48.1 Å². The van der Waals surface area contributed by atoms with Gasteiger partial charge in [0.25, 0.3) is 0 Å². The fraction of sp³-hybridized carbons (Fsp3) is 0.513. The van der Waals surface area contributed by atoms with Crippen LogP contribution in [0.5, 0.6) is 5.75 Å². The molecule has 2 aromatic carbocycles. The highest BCUT2D eigenvalue weighted by atomic mass is 16.5. The second-order valence-electron chi connectivity index (χ2n) is 14.0. The molecule has 7 rings (SSSR count). The molecule has 2 aromatic heterocycles. The molecule has 3 aliphatic rings. The summed E-state index contributed by atoms with van der Waals surface area (Å²) in [4.78, 5) is 19.0. The maximum absolute atomic E-state index is 11.9. The van der Waals surface area contributed by atoms with Gasteiger partial charge in [-0.3, -0.25) is 4.79 Å². The van der Waals surface area contributed by atoms with Crippen LogP contribution in [0.3, 0.4) is 0 Å². The number of carboxylic acids is 1. The average molecular weight is 659 g/mol. The molecule has 0 saturated carbocycles. The van der Waals surface area contributed by atoms with E-state index in [1.807, 2.05) is 37.4 Å². The van der Waals surface area contributed by atoms with Crippen molar-refractivity contribution in [1.29, 1.82) is 0 Å². The number of aliphatic carboxylic acids is 1. The standard InChI is InChI=1S/C33H38N4O4.C4H10O.C2H6/c1-21-10-11-29-27(17-21)24-8-5-9-25(18-24)28-20-30-34-23(3)26(19-31(38)39)32(37(30)35-28)36-14-12-33(4,13-15-36)40-16-6-7-22(2)41-29;1-4(2,3)5;1-2/h5,8-11,17-18,20,22H,6-7,12-16,19H2,1-4H3,(H,38,39);5H,1-3H3;1-2H3/t22-;;/m1../s1.